The summed E-state index contributed by atoms with van der Waals surface area (Å²) >= 11 is 0. The van der Waals surface area contributed by atoms with Crippen molar-refractivity contribution in [1.82, 2.24) is 0 Å². The van der Waals surface area contributed by atoms with Gasteiger partial charge in [0.1, 0.15) is 6.04 Å². The van der Waals surface area contributed by atoms with E-state index in [4.69, 9.17) is 10.00 Å². The Bertz CT molecular complexity index is 465. The molecule has 1 fully saturated rings. The third kappa shape index (κ3) is 2.45. The van der Waals surface area contributed by atoms with Crippen molar-refractivity contribution in [2.24, 2.45) is 0 Å². The lowest BCUT2D eigenvalue weighted by atomic mass is 10.1. The van der Waals surface area contributed by atoms with Crippen LogP contribution in [0.15, 0.2) is 24.3 Å². The lowest BCUT2D eigenvalue weighted by molar-refractivity contribution is 0.101. The number of ether oxygens (including phenoxy) is 1. The maximum absolute atomic E-state index is 11.3. The zero-order valence-corrected chi connectivity index (χ0v) is 9.72. The lowest BCUT2D eigenvalue weighted by Crippen LogP contribution is -2.44. The number of ketones is 1. The van der Waals surface area contributed by atoms with Crippen LogP contribution in [-0.4, -0.2) is 31.6 Å². The summed E-state index contributed by atoms with van der Waals surface area (Å²) in [5.41, 5.74) is 1.58. The molecule has 88 valence electrons. The number of carbonyl (C=O) groups excluding carboxylic acids is 1. The molecule has 2 rings (SSSR count). The highest BCUT2D eigenvalue weighted by Gasteiger charge is 2.23. The third-order valence-electron chi connectivity index (χ3n) is 2.86. The fourth-order valence-corrected chi connectivity index (χ4v) is 1.92. The molecule has 4 nitrogen and oxygen atoms in total. The van der Waals surface area contributed by atoms with Crippen LogP contribution in [0.4, 0.5) is 5.69 Å². The first-order valence-corrected chi connectivity index (χ1v) is 5.57. The first-order valence-electron chi connectivity index (χ1n) is 5.57. The van der Waals surface area contributed by atoms with Crippen LogP contribution in [0.3, 0.4) is 0 Å². The van der Waals surface area contributed by atoms with Gasteiger partial charge in [0.2, 0.25) is 0 Å². The summed E-state index contributed by atoms with van der Waals surface area (Å²) in [5.74, 6) is 0.0358. The molecule has 1 aliphatic heterocycles. The fraction of sp³-hybridized carbons (Fsp3) is 0.385. The number of nitrogens with zero attached hydrogens (tertiary/aromatic N) is 2. The van der Waals surface area contributed by atoms with Crippen molar-refractivity contribution in [1.29, 1.82) is 5.26 Å². The van der Waals surface area contributed by atoms with Gasteiger partial charge in [-0.15, -0.1) is 0 Å². The molecule has 0 N–H and O–H groups in total. The highest BCUT2D eigenvalue weighted by molar-refractivity contribution is 5.95. The van der Waals surface area contributed by atoms with Gasteiger partial charge in [0.15, 0.2) is 5.78 Å². The number of rotatable bonds is 2. The summed E-state index contributed by atoms with van der Waals surface area (Å²) in [6.07, 6.45) is 0. The molecule has 0 bridgehead atoms. The van der Waals surface area contributed by atoms with Gasteiger partial charge in [-0.3, -0.25) is 4.79 Å². The van der Waals surface area contributed by atoms with Crippen molar-refractivity contribution >= 4 is 11.5 Å². The summed E-state index contributed by atoms with van der Waals surface area (Å²) in [6.45, 7) is 3.25. The van der Waals surface area contributed by atoms with Crippen LogP contribution in [0.2, 0.25) is 0 Å². The minimum absolute atomic E-state index is 0.0358. The molecule has 4 heteroatoms. The van der Waals surface area contributed by atoms with Gasteiger partial charge in [0, 0.05) is 17.8 Å². The molecule has 0 aromatic heterocycles. The Morgan fingerprint density at radius 3 is 3.12 bits per heavy atom. The van der Waals surface area contributed by atoms with Gasteiger partial charge in [-0.1, -0.05) is 12.1 Å². The standard InChI is InChI=1S/C13H14N2O2/c1-10(16)11-3-2-4-12(7-11)15-5-6-17-9-13(15)8-14/h2-4,7,13H,5-6,9H2,1H3. The number of hydrogen-bond donors (Lipinski definition) is 0. The maximum Gasteiger partial charge on any atom is 0.159 e. The van der Waals surface area contributed by atoms with Gasteiger partial charge in [-0.25, -0.2) is 0 Å². The quantitative estimate of drug-likeness (QED) is 0.724. The average Bonchev–Trinajstić information content (AvgIpc) is 2.39. The molecule has 1 aliphatic rings. The van der Waals surface area contributed by atoms with Gasteiger partial charge in [0.05, 0.1) is 19.3 Å². The smallest absolute Gasteiger partial charge is 0.159 e. The Morgan fingerprint density at radius 1 is 1.59 bits per heavy atom. The Hall–Kier alpha value is -1.86. The van der Waals surface area contributed by atoms with E-state index < -0.39 is 0 Å². The van der Waals surface area contributed by atoms with E-state index in [1.165, 1.54) is 0 Å². The Kier molecular flexibility index (Phi) is 3.40. The molecule has 1 saturated heterocycles. The van der Waals surface area contributed by atoms with Crippen molar-refractivity contribution < 1.29 is 9.53 Å². The van der Waals surface area contributed by atoms with Crippen LogP contribution in [0.25, 0.3) is 0 Å². The average molecular weight is 230 g/mol. The van der Waals surface area contributed by atoms with E-state index in [1.54, 1.807) is 13.0 Å². The molecular formula is C13H14N2O2. The minimum atomic E-state index is -0.272. The third-order valence-corrected chi connectivity index (χ3v) is 2.86. The second kappa shape index (κ2) is 4.98. The largest absolute Gasteiger partial charge is 0.376 e. The van der Waals surface area contributed by atoms with Crippen LogP contribution >= 0.6 is 0 Å². The summed E-state index contributed by atoms with van der Waals surface area (Å²) < 4.78 is 5.27. The number of morpholine rings is 1. The summed E-state index contributed by atoms with van der Waals surface area (Å²) in [4.78, 5) is 13.3. The molecule has 0 saturated carbocycles. The number of hydrogen-bond acceptors (Lipinski definition) is 4. The zero-order valence-electron chi connectivity index (χ0n) is 9.72. The van der Waals surface area contributed by atoms with Crippen LogP contribution in [-0.2, 0) is 4.74 Å². The van der Waals surface area contributed by atoms with Gasteiger partial charge >= 0.3 is 0 Å². The first-order chi connectivity index (χ1) is 8.22. The molecule has 17 heavy (non-hydrogen) atoms. The number of Topliss-reactive ketones (excluding diaryl/α,β-unsaturated/α-hetero) is 1. The lowest BCUT2D eigenvalue weighted by Gasteiger charge is -2.33. The van der Waals surface area contributed by atoms with E-state index in [0.717, 1.165) is 5.69 Å². The molecule has 0 amide bonds. The number of anilines is 1. The number of carbonyl (C=O) groups is 1. The van der Waals surface area contributed by atoms with Crippen molar-refractivity contribution in [3.8, 4) is 6.07 Å². The number of benzene rings is 1. The molecule has 1 aromatic rings. The van der Waals surface area contributed by atoms with Crippen molar-refractivity contribution in [2.45, 2.75) is 13.0 Å². The van der Waals surface area contributed by atoms with Gasteiger partial charge in [0.25, 0.3) is 0 Å². The highest BCUT2D eigenvalue weighted by atomic mass is 16.5. The molecule has 1 aromatic carbocycles. The van der Waals surface area contributed by atoms with E-state index >= 15 is 0 Å². The molecule has 0 spiro atoms. The molecule has 0 radical (unpaired) electrons. The van der Waals surface area contributed by atoms with Gasteiger partial charge < -0.3 is 9.64 Å². The molecule has 1 unspecified atom stereocenters. The predicted molar refractivity (Wildman–Crippen MR) is 64.0 cm³/mol. The molecular weight excluding hydrogens is 216 g/mol. The Balaban J connectivity index is 2.29. The van der Waals surface area contributed by atoms with Crippen LogP contribution in [0, 0.1) is 11.3 Å². The zero-order chi connectivity index (χ0) is 12.3. The van der Waals surface area contributed by atoms with Crippen molar-refractivity contribution in [2.75, 3.05) is 24.7 Å². The van der Waals surface area contributed by atoms with E-state index in [9.17, 15) is 4.79 Å². The Labute approximate surface area is 100 Å². The SMILES string of the molecule is CC(=O)c1cccc(N2CCOCC2C#N)c1. The van der Waals surface area contributed by atoms with E-state index in [-0.39, 0.29) is 11.8 Å². The summed E-state index contributed by atoms with van der Waals surface area (Å²) in [5, 5.41) is 9.06. The highest BCUT2D eigenvalue weighted by Crippen LogP contribution is 2.21. The molecule has 1 heterocycles. The second-order valence-corrected chi connectivity index (χ2v) is 4.02. The second-order valence-electron chi connectivity index (χ2n) is 4.02. The fourth-order valence-electron chi connectivity index (χ4n) is 1.92. The van der Waals surface area contributed by atoms with Crippen molar-refractivity contribution in [3.63, 3.8) is 0 Å². The van der Waals surface area contributed by atoms with Crippen LogP contribution < -0.4 is 4.90 Å². The topological polar surface area (TPSA) is 53.3 Å². The maximum atomic E-state index is 11.3. The van der Waals surface area contributed by atoms with E-state index in [2.05, 4.69) is 6.07 Å². The summed E-state index contributed by atoms with van der Waals surface area (Å²) in [7, 11) is 0. The normalized spacial score (nSPS) is 19.8. The Morgan fingerprint density at radius 2 is 2.41 bits per heavy atom. The molecule has 1 atom stereocenters. The minimum Gasteiger partial charge on any atom is -0.376 e. The predicted octanol–water partition coefficient (Wildman–Crippen LogP) is 1.62. The van der Waals surface area contributed by atoms with Crippen LogP contribution in [0.5, 0.6) is 0 Å². The molecule has 0 aliphatic carbocycles. The summed E-state index contributed by atoms with van der Waals surface area (Å²) in [6, 6.07) is 9.32. The van der Waals surface area contributed by atoms with Gasteiger partial charge in [-0.05, 0) is 19.1 Å². The van der Waals surface area contributed by atoms with Crippen molar-refractivity contribution in [3.05, 3.63) is 29.8 Å². The first kappa shape index (κ1) is 11.6. The monoisotopic (exact) mass is 230 g/mol. The van der Waals surface area contributed by atoms with E-state index in [0.29, 0.717) is 25.3 Å². The number of nitriles is 1. The van der Waals surface area contributed by atoms with Gasteiger partial charge in [-0.2, -0.15) is 5.26 Å². The van der Waals surface area contributed by atoms with E-state index in [1.807, 2.05) is 23.1 Å². The van der Waals surface area contributed by atoms with Crippen LogP contribution in [0.1, 0.15) is 17.3 Å².